The number of pyridine rings is 1. The Morgan fingerprint density at radius 3 is 2.50 bits per heavy atom. The predicted molar refractivity (Wildman–Crippen MR) is 110 cm³/mol. The van der Waals surface area contributed by atoms with Gasteiger partial charge in [0.15, 0.2) is 0 Å². The zero-order chi connectivity index (χ0) is 20.5. The number of para-hydroxylation sites is 1. The summed E-state index contributed by atoms with van der Waals surface area (Å²) < 4.78 is 5.53. The van der Waals surface area contributed by atoms with Crippen LogP contribution in [0, 0.1) is 18.3 Å². The zero-order valence-corrected chi connectivity index (χ0v) is 17.7. The van der Waals surface area contributed by atoms with E-state index in [4.69, 9.17) is 16.3 Å². The molecule has 6 heteroatoms. The number of hydrogen-bond donors (Lipinski definition) is 0. The van der Waals surface area contributed by atoms with E-state index in [1.54, 1.807) is 0 Å². The number of benzene rings is 1. The molecule has 0 spiro atoms. The van der Waals surface area contributed by atoms with Crippen molar-refractivity contribution in [1.82, 2.24) is 9.88 Å². The highest BCUT2D eigenvalue weighted by atomic mass is 35.5. The molecule has 1 aromatic heterocycles. The number of nitrogens with zero attached hydrogens (tertiary/aromatic N) is 2. The van der Waals surface area contributed by atoms with Gasteiger partial charge in [-0.25, -0.2) is 4.98 Å². The minimum Gasteiger partial charge on any atom is -0.459 e. The number of aromatic nitrogens is 1. The van der Waals surface area contributed by atoms with E-state index in [1.807, 2.05) is 56.9 Å². The maximum absolute atomic E-state index is 12.5. The van der Waals surface area contributed by atoms with Gasteiger partial charge in [-0.3, -0.25) is 9.59 Å². The van der Waals surface area contributed by atoms with Crippen LogP contribution in [-0.4, -0.2) is 34.8 Å². The average molecular weight is 403 g/mol. The average Bonchev–Trinajstić information content (AvgIpc) is 2.68. The van der Waals surface area contributed by atoms with Gasteiger partial charge in [-0.2, -0.15) is 0 Å². The quantitative estimate of drug-likeness (QED) is 0.708. The van der Waals surface area contributed by atoms with E-state index >= 15 is 0 Å². The summed E-state index contributed by atoms with van der Waals surface area (Å²) in [7, 11) is 0. The first-order valence-electron chi connectivity index (χ1n) is 9.68. The summed E-state index contributed by atoms with van der Waals surface area (Å²) in [6, 6.07) is 7.77. The van der Waals surface area contributed by atoms with E-state index in [0.29, 0.717) is 36.6 Å². The summed E-state index contributed by atoms with van der Waals surface area (Å²) in [5, 5.41) is 1.54. The molecule has 0 aliphatic carbocycles. The third kappa shape index (κ3) is 4.30. The molecule has 2 aromatic rings. The van der Waals surface area contributed by atoms with Gasteiger partial charge in [-0.1, -0.05) is 50.6 Å². The number of rotatable bonds is 3. The molecule has 0 bridgehead atoms. The second-order valence-electron chi connectivity index (χ2n) is 8.44. The molecule has 1 amide bonds. The number of carbonyl (C=O) groups is 2. The molecule has 1 aliphatic heterocycles. The lowest BCUT2D eigenvalue weighted by Gasteiger charge is -2.34. The lowest BCUT2D eigenvalue weighted by Crippen LogP contribution is -2.45. The largest absolute Gasteiger partial charge is 0.459 e. The van der Waals surface area contributed by atoms with Gasteiger partial charge in [-0.05, 0) is 31.4 Å². The molecule has 0 atom stereocenters. The van der Waals surface area contributed by atoms with E-state index < -0.39 is 5.41 Å². The van der Waals surface area contributed by atoms with Crippen molar-refractivity contribution in [3.8, 4) is 0 Å². The molecule has 150 valence electrons. The van der Waals surface area contributed by atoms with Crippen LogP contribution in [0.5, 0.6) is 0 Å². The highest BCUT2D eigenvalue weighted by molar-refractivity contribution is 6.32. The Bertz CT molecular complexity index is 897. The molecule has 0 unspecified atom stereocenters. The Labute approximate surface area is 171 Å². The first-order chi connectivity index (χ1) is 13.2. The van der Waals surface area contributed by atoms with Gasteiger partial charge >= 0.3 is 5.97 Å². The topological polar surface area (TPSA) is 59.5 Å². The number of aryl methyl sites for hydroxylation is 1. The number of hydrogen-bond acceptors (Lipinski definition) is 4. The monoisotopic (exact) mass is 402 g/mol. The molecule has 3 rings (SSSR count). The van der Waals surface area contributed by atoms with Gasteiger partial charge in [0.2, 0.25) is 5.91 Å². The van der Waals surface area contributed by atoms with Crippen LogP contribution in [0.25, 0.3) is 10.9 Å². The van der Waals surface area contributed by atoms with E-state index in [1.165, 1.54) is 0 Å². The van der Waals surface area contributed by atoms with E-state index in [2.05, 4.69) is 4.98 Å². The summed E-state index contributed by atoms with van der Waals surface area (Å²) in [4.78, 5) is 31.3. The maximum Gasteiger partial charge on any atom is 0.309 e. The number of amides is 1. The SMILES string of the molecule is Cc1c(Cl)c(COC(=O)C2CCN(C(=O)C(C)(C)C)CC2)nc2ccccc12. The summed E-state index contributed by atoms with van der Waals surface area (Å²) >= 11 is 6.44. The van der Waals surface area contributed by atoms with Crippen LogP contribution in [0.4, 0.5) is 0 Å². The maximum atomic E-state index is 12.5. The third-order valence-electron chi connectivity index (χ3n) is 5.25. The van der Waals surface area contributed by atoms with Crippen molar-refractivity contribution >= 4 is 34.4 Å². The molecular formula is C22H27ClN2O3. The van der Waals surface area contributed by atoms with Crippen LogP contribution < -0.4 is 0 Å². The van der Waals surface area contributed by atoms with E-state index in [0.717, 1.165) is 16.5 Å². The fourth-order valence-corrected chi connectivity index (χ4v) is 3.76. The summed E-state index contributed by atoms with van der Waals surface area (Å²) in [5.74, 6) is -0.308. The fourth-order valence-electron chi connectivity index (χ4n) is 3.56. The molecule has 0 saturated carbocycles. The van der Waals surface area contributed by atoms with Crippen LogP contribution in [0.2, 0.25) is 5.02 Å². The molecule has 28 heavy (non-hydrogen) atoms. The first-order valence-corrected chi connectivity index (χ1v) is 10.1. The van der Waals surface area contributed by atoms with Crippen molar-refractivity contribution in [2.24, 2.45) is 11.3 Å². The number of ether oxygens (including phenoxy) is 1. The van der Waals surface area contributed by atoms with Gasteiger partial charge < -0.3 is 9.64 Å². The van der Waals surface area contributed by atoms with Crippen LogP contribution in [0.1, 0.15) is 44.9 Å². The standard InChI is InChI=1S/C22H27ClN2O3/c1-14-16-7-5-6-8-17(16)24-18(19(14)23)13-28-20(26)15-9-11-25(12-10-15)21(27)22(2,3)4/h5-8,15H,9-13H2,1-4H3. The number of esters is 1. The van der Waals surface area contributed by atoms with Crippen molar-refractivity contribution in [3.05, 3.63) is 40.5 Å². The Kier molecular flexibility index (Phi) is 5.94. The lowest BCUT2D eigenvalue weighted by atomic mass is 9.91. The molecule has 1 fully saturated rings. The summed E-state index contributed by atoms with van der Waals surface area (Å²) in [6.07, 6.45) is 1.25. The number of piperidine rings is 1. The van der Waals surface area contributed by atoms with Crippen molar-refractivity contribution in [2.45, 2.75) is 47.1 Å². The number of likely N-dealkylation sites (tertiary alicyclic amines) is 1. The van der Waals surface area contributed by atoms with Crippen LogP contribution in [0.3, 0.4) is 0 Å². The Morgan fingerprint density at radius 2 is 1.86 bits per heavy atom. The normalized spacial score (nSPS) is 15.7. The fraction of sp³-hybridized carbons (Fsp3) is 0.500. The Morgan fingerprint density at radius 1 is 1.21 bits per heavy atom. The lowest BCUT2D eigenvalue weighted by molar-refractivity contribution is -0.154. The van der Waals surface area contributed by atoms with Crippen LogP contribution in [-0.2, 0) is 20.9 Å². The number of carbonyl (C=O) groups excluding carboxylic acids is 2. The number of fused-ring (bicyclic) bond motifs is 1. The molecule has 1 aliphatic rings. The minimum absolute atomic E-state index is 0.0600. The molecule has 0 radical (unpaired) electrons. The van der Waals surface area contributed by atoms with E-state index in [-0.39, 0.29) is 24.4 Å². The third-order valence-corrected chi connectivity index (χ3v) is 5.76. The second-order valence-corrected chi connectivity index (χ2v) is 8.82. The van der Waals surface area contributed by atoms with Crippen molar-refractivity contribution in [1.29, 1.82) is 0 Å². The van der Waals surface area contributed by atoms with Gasteiger partial charge in [-0.15, -0.1) is 0 Å². The first kappa shape index (κ1) is 20.6. The molecule has 1 saturated heterocycles. The zero-order valence-electron chi connectivity index (χ0n) is 16.9. The van der Waals surface area contributed by atoms with Crippen molar-refractivity contribution in [2.75, 3.05) is 13.1 Å². The molecule has 1 aromatic carbocycles. The Balaban J connectivity index is 1.60. The Hall–Kier alpha value is -2.14. The second kappa shape index (κ2) is 8.08. The molecular weight excluding hydrogens is 376 g/mol. The number of halogens is 1. The van der Waals surface area contributed by atoms with Crippen LogP contribution >= 0.6 is 11.6 Å². The van der Waals surface area contributed by atoms with Crippen LogP contribution in [0.15, 0.2) is 24.3 Å². The highest BCUT2D eigenvalue weighted by Gasteiger charge is 2.33. The summed E-state index contributed by atoms with van der Waals surface area (Å²) in [6.45, 7) is 8.92. The smallest absolute Gasteiger partial charge is 0.309 e. The highest BCUT2D eigenvalue weighted by Crippen LogP contribution is 2.28. The van der Waals surface area contributed by atoms with Gasteiger partial charge in [0, 0.05) is 23.9 Å². The predicted octanol–water partition coefficient (Wildman–Crippen LogP) is 4.52. The molecule has 5 nitrogen and oxygen atoms in total. The molecule has 2 heterocycles. The summed E-state index contributed by atoms with van der Waals surface area (Å²) in [5.41, 5.74) is 1.95. The van der Waals surface area contributed by atoms with E-state index in [9.17, 15) is 9.59 Å². The van der Waals surface area contributed by atoms with Gasteiger partial charge in [0.05, 0.1) is 22.2 Å². The minimum atomic E-state index is -0.399. The van der Waals surface area contributed by atoms with Crippen molar-refractivity contribution in [3.63, 3.8) is 0 Å². The van der Waals surface area contributed by atoms with Crippen molar-refractivity contribution < 1.29 is 14.3 Å². The van der Waals surface area contributed by atoms with Gasteiger partial charge in [0.1, 0.15) is 6.61 Å². The van der Waals surface area contributed by atoms with Gasteiger partial charge in [0.25, 0.3) is 0 Å². The molecule has 0 N–H and O–H groups in total.